The number of urea groups is 1. The van der Waals surface area contributed by atoms with Crippen LogP contribution >= 0.6 is 11.8 Å². The maximum absolute atomic E-state index is 11.7. The molecule has 1 aromatic heterocycles. The molecule has 1 rings (SSSR count). The number of amides is 2. The number of aromatic amines is 1. The molecule has 0 aliphatic carbocycles. The minimum Gasteiger partial charge on any atom is -0.480 e. The van der Waals surface area contributed by atoms with Crippen LogP contribution in [0.4, 0.5) is 4.79 Å². The Morgan fingerprint density at radius 1 is 1.53 bits per heavy atom. The molecule has 2 unspecified atom stereocenters. The largest absolute Gasteiger partial charge is 0.480 e. The minimum absolute atomic E-state index is 0.376. The zero-order chi connectivity index (χ0) is 14.3. The molecule has 0 aliphatic heterocycles. The SMILES string of the molecule is CSCCC(NC(=O)NC(C)c1ncn[nH]1)C(=O)O. The van der Waals surface area contributed by atoms with Gasteiger partial charge >= 0.3 is 12.0 Å². The van der Waals surface area contributed by atoms with Gasteiger partial charge in [-0.15, -0.1) is 0 Å². The van der Waals surface area contributed by atoms with E-state index >= 15 is 0 Å². The topological polar surface area (TPSA) is 120 Å². The van der Waals surface area contributed by atoms with Gasteiger partial charge in [0.05, 0.1) is 6.04 Å². The van der Waals surface area contributed by atoms with Crippen molar-refractivity contribution < 1.29 is 14.7 Å². The Balaban J connectivity index is 2.46. The first-order valence-electron chi connectivity index (χ1n) is 5.68. The Labute approximate surface area is 114 Å². The van der Waals surface area contributed by atoms with Gasteiger partial charge in [-0.3, -0.25) is 5.10 Å². The summed E-state index contributed by atoms with van der Waals surface area (Å²) in [5.74, 6) is 0.122. The van der Waals surface area contributed by atoms with Crippen molar-refractivity contribution in [2.45, 2.75) is 25.4 Å². The highest BCUT2D eigenvalue weighted by atomic mass is 32.2. The fourth-order valence-corrected chi connectivity index (χ4v) is 1.85. The third-order valence-electron chi connectivity index (χ3n) is 2.41. The summed E-state index contributed by atoms with van der Waals surface area (Å²) < 4.78 is 0. The van der Waals surface area contributed by atoms with Crippen molar-refractivity contribution >= 4 is 23.8 Å². The Hall–Kier alpha value is -1.77. The number of carboxylic acid groups (broad SMARTS) is 1. The summed E-state index contributed by atoms with van der Waals surface area (Å²) in [6.45, 7) is 1.72. The lowest BCUT2D eigenvalue weighted by molar-refractivity contribution is -0.139. The fourth-order valence-electron chi connectivity index (χ4n) is 1.38. The molecule has 1 aromatic rings. The number of hydrogen-bond acceptors (Lipinski definition) is 5. The molecule has 0 aromatic carbocycles. The second kappa shape index (κ2) is 7.62. The van der Waals surface area contributed by atoms with Gasteiger partial charge in [-0.1, -0.05) is 0 Å². The number of rotatable bonds is 7. The Bertz CT molecular complexity index is 411. The molecule has 0 fully saturated rings. The molecule has 0 saturated heterocycles. The van der Waals surface area contributed by atoms with E-state index in [2.05, 4.69) is 25.8 Å². The van der Waals surface area contributed by atoms with Crippen LogP contribution in [0.3, 0.4) is 0 Å². The van der Waals surface area contributed by atoms with Crippen LogP contribution in [-0.2, 0) is 4.79 Å². The summed E-state index contributed by atoms with van der Waals surface area (Å²) >= 11 is 1.53. The van der Waals surface area contributed by atoms with E-state index in [9.17, 15) is 9.59 Å². The van der Waals surface area contributed by atoms with E-state index in [4.69, 9.17) is 5.11 Å². The molecule has 0 spiro atoms. The normalized spacial score (nSPS) is 13.6. The number of nitrogens with one attached hydrogen (secondary N) is 3. The molecule has 0 radical (unpaired) electrons. The molecule has 1 heterocycles. The van der Waals surface area contributed by atoms with E-state index in [0.717, 1.165) is 0 Å². The zero-order valence-corrected chi connectivity index (χ0v) is 11.5. The van der Waals surface area contributed by atoms with Gasteiger partial charge < -0.3 is 15.7 Å². The number of thioether (sulfide) groups is 1. The summed E-state index contributed by atoms with van der Waals surface area (Å²) in [6.07, 6.45) is 3.59. The lowest BCUT2D eigenvalue weighted by Crippen LogP contribution is -2.47. The van der Waals surface area contributed by atoms with Gasteiger partial charge in [-0.05, 0) is 25.4 Å². The maximum Gasteiger partial charge on any atom is 0.326 e. The van der Waals surface area contributed by atoms with Gasteiger partial charge in [0.15, 0.2) is 0 Å². The first-order valence-corrected chi connectivity index (χ1v) is 7.08. The molecule has 4 N–H and O–H groups in total. The molecular weight excluding hydrogens is 270 g/mol. The second-order valence-corrected chi connectivity index (χ2v) is 4.87. The smallest absolute Gasteiger partial charge is 0.326 e. The van der Waals surface area contributed by atoms with Gasteiger partial charge in [0.1, 0.15) is 18.2 Å². The van der Waals surface area contributed by atoms with Gasteiger partial charge in [-0.2, -0.15) is 16.9 Å². The van der Waals surface area contributed by atoms with Crippen molar-refractivity contribution in [3.05, 3.63) is 12.2 Å². The highest BCUT2D eigenvalue weighted by Crippen LogP contribution is 2.04. The van der Waals surface area contributed by atoms with Crippen LogP contribution in [0.25, 0.3) is 0 Å². The van der Waals surface area contributed by atoms with Crippen molar-refractivity contribution in [1.82, 2.24) is 25.8 Å². The number of hydrogen-bond donors (Lipinski definition) is 4. The summed E-state index contributed by atoms with van der Waals surface area (Å²) in [4.78, 5) is 26.6. The number of carbonyl (C=O) groups is 2. The van der Waals surface area contributed by atoms with E-state index in [1.54, 1.807) is 6.92 Å². The lowest BCUT2D eigenvalue weighted by atomic mass is 10.2. The van der Waals surface area contributed by atoms with Crippen LogP contribution in [0, 0.1) is 0 Å². The van der Waals surface area contributed by atoms with E-state index in [-0.39, 0.29) is 6.04 Å². The Morgan fingerprint density at radius 2 is 2.26 bits per heavy atom. The predicted octanol–water partition coefficient (Wildman–Crippen LogP) is 0.371. The quantitative estimate of drug-likeness (QED) is 0.575. The molecule has 0 bridgehead atoms. The molecule has 19 heavy (non-hydrogen) atoms. The van der Waals surface area contributed by atoms with Crippen LogP contribution in [0.15, 0.2) is 6.33 Å². The second-order valence-electron chi connectivity index (χ2n) is 3.88. The molecule has 106 valence electrons. The standard InChI is InChI=1S/C10H17N5O3S/c1-6(8-11-5-12-15-8)13-10(18)14-7(9(16)17)3-4-19-2/h5-7H,3-4H2,1-2H3,(H,16,17)(H,11,12,15)(H2,13,14,18). The molecule has 9 heteroatoms. The van der Waals surface area contributed by atoms with Crippen LogP contribution < -0.4 is 10.6 Å². The summed E-state index contributed by atoms with van der Waals surface area (Å²) in [6, 6.07) is -1.82. The first kappa shape index (κ1) is 15.3. The van der Waals surface area contributed by atoms with Crippen molar-refractivity contribution in [1.29, 1.82) is 0 Å². The van der Waals surface area contributed by atoms with Crippen LogP contribution in [0.5, 0.6) is 0 Å². The van der Waals surface area contributed by atoms with Crippen molar-refractivity contribution in [3.63, 3.8) is 0 Å². The maximum atomic E-state index is 11.7. The van der Waals surface area contributed by atoms with E-state index in [1.165, 1.54) is 18.1 Å². The summed E-state index contributed by atoms with van der Waals surface area (Å²) in [5.41, 5.74) is 0. The van der Waals surface area contributed by atoms with Crippen LogP contribution in [0.1, 0.15) is 25.2 Å². The third-order valence-corrected chi connectivity index (χ3v) is 3.05. The Kier molecular flexibility index (Phi) is 6.13. The number of carbonyl (C=O) groups excluding carboxylic acids is 1. The van der Waals surface area contributed by atoms with Gasteiger partial charge in [0.25, 0.3) is 0 Å². The number of nitrogens with zero attached hydrogens (tertiary/aromatic N) is 2. The zero-order valence-electron chi connectivity index (χ0n) is 10.7. The molecular formula is C10H17N5O3S. The fraction of sp³-hybridized carbons (Fsp3) is 0.600. The third kappa shape index (κ3) is 5.16. The molecule has 2 amide bonds. The van der Waals surface area contributed by atoms with Crippen molar-refractivity contribution in [2.24, 2.45) is 0 Å². The minimum atomic E-state index is -1.04. The lowest BCUT2D eigenvalue weighted by Gasteiger charge is -2.16. The number of aromatic nitrogens is 3. The van der Waals surface area contributed by atoms with E-state index in [0.29, 0.717) is 18.0 Å². The number of carboxylic acids is 1. The number of aliphatic carboxylic acids is 1. The summed E-state index contributed by atoms with van der Waals surface area (Å²) in [7, 11) is 0. The highest BCUT2D eigenvalue weighted by molar-refractivity contribution is 7.98. The van der Waals surface area contributed by atoms with E-state index in [1.807, 2.05) is 6.26 Å². The van der Waals surface area contributed by atoms with Gasteiger partial charge in [0, 0.05) is 0 Å². The van der Waals surface area contributed by atoms with Crippen molar-refractivity contribution in [2.75, 3.05) is 12.0 Å². The van der Waals surface area contributed by atoms with E-state index < -0.39 is 18.0 Å². The average Bonchev–Trinajstić information content (AvgIpc) is 2.87. The average molecular weight is 287 g/mol. The Morgan fingerprint density at radius 3 is 2.79 bits per heavy atom. The monoisotopic (exact) mass is 287 g/mol. The molecule has 0 aliphatic rings. The molecule has 8 nitrogen and oxygen atoms in total. The van der Waals surface area contributed by atoms with Gasteiger partial charge in [-0.25, -0.2) is 14.6 Å². The highest BCUT2D eigenvalue weighted by Gasteiger charge is 2.20. The first-order chi connectivity index (χ1) is 9.04. The van der Waals surface area contributed by atoms with Crippen LogP contribution in [0.2, 0.25) is 0 Å². The van der Waals surface area contributed by atoms with Crippen LogP contribution in [-0.4, -0.2) is 50.3 Å². The number of H-pyrrole nitrogens is 1. The molecule has 0 saturated carbocycles. The predicted molar refractivity (Wildman–Crippen MR) is 70.9 cm³/mol. The van der Waals surface area contributed by atoms with Gasteiger partial charge in [0.2, 0.25) is 0 Å². The molecule has 2 atom stereocenters. The van der Waals surface area contributed by atoms with Crippen molar-refractivity contribution in [3.8, 4) is 0 Å². The summed E-state index contributed by atoms with van der Waals surface area (Å²) in [5, 5.41) is 20.3.